The van der Waals surface area contributed by atoms with Crippen molar-refractivity contribution in [2.45, 2.75) is 32.7 Å². The summed E-state index contributed by atoms with van der Waals surface area (Å²) in [5.41, 5.74) is 5.33. The summed E-state index contributed by atoms with van der Waals surface area (Å²) in [6, 6.07) is 0.266. The summed E-state index contributed by atoms with van der Waals surface area (Å²) in [5.74, 6) is 0.0281. The number of amides is 1. The molecule has 3 N–H and O–H groups in total. The summed E-state index contributed by atoms with van der Waals surface area (Å²) in [4.78, 5) is 10.5. The number of nitrogens with two attached hydrogens (primary N) is 1. The lowest BCUT2D eigenvalue weighted by molar-refractivity contribution is -0.119. The molecule has 60 valence electrons. The molecular formula is C7H16N2O. The highest BCUT2D eigenvalue weighted by Gasteiger charge is 2.04. The minimum absolute atomic E-state index is 0.0281. The largest absolute Gasteiger partial charge is 0.354 e. The smallest absolute Gasteiger partial charge is 0.217 e. The van der Waals surface area contributed by atoms with E-state index in [0.29, 0.717) is 6.54 Å². The molecule has 0 saturated heterocycles. The molecule has 0 bridgehead atoms. The van der Waals surface area contributed by atoms with Crippen LogP contribution in [-0.4, -0.2) is 18.5 Å². The van der Waals surface area contributed by atoms with Gasteiger partial charge in [-0.25, -0.2) is 0 Å². The SMILES string of the molecule is CC[C@@H](CCN)NC(C)=O. The average molecular weight is 144 g/mol. The van der Waals surface area contributed by atoms with Crippen molar-refractivity contribution in [3.05, 3.63) is 0 Å². The van der Waals surface area contributed by atoms with Crippen molar-refractivity contribution in [1.29, 1.82) is 0 Å². The van der Waals surface area contributed by atoms with Crippen molar-refractivity contribution in [2.24, 2.45) is 5.73 Å². The van der Waals surface area contributed by atoms with Gasteiger partial charge in [0.25, 0.3) is 0 Å². The highest BCUT2D eigenvalue weighted by Crippen LogP contribution is 1.94. The minimum Gasteiger partial charge on any atom is -0.354 e. The Morgan fingerprint density at radius 3 is 2.60 bits per heavy atom. The third-order valence-corrected chi connectivity index (χ3v) is 1.42. The molecule has 0 aliphatic heterocycles. The molecule has 10 heavy (non-hydrogen) atoms. The third kappa shape index (κ3) is 4.32. The zero-order chi connectivity index (χ0) is 7.98. The van der Waals surface area contributed by atoms with Crippen LogP contribution in [0.1, 0.15) is 26.7 Å². The number of hydrogen-bond donors (Lipinski definition) is 2. The lowest BCUT2D eigenvalue weighted by atomic mass is 10.1. The quantitative estimate of drug-likeness (QED) is 0.594. The molecule has 0 aromatic rings. The molecule has 0 radical (unpaired) electrons. The van der Waals surface area contributed by atoms with Gasteiger partial charge in [0.2, 0.25) is 5.91 Å². The maximum Gasteiger partial charge on any atom is 0.217 e. The summed E-state index contributed by atoms with van der Waals surface area (Å²) in [6.45, 7) is 4.20. The van der Waals surface area contributed by atoms with Crippen LogP contribution in [0.3, 0.4) is 0 Å². The molecule has 0 aromatic heterocycles. The molecule has 0 unspecified atom stereocenters. The van der Waals surface area contributed by atoms with Crippen LogP contribution in [0.25, 0.3) is 0 Å². The Bertz CT molecular complexity index is 104. The van der Waals surface area contributed by atoms with Crippen molar-refractivity contribution in [2.75, 3.05) is 6.54 Å². The Labute approximate surface area is 62.0 Å². The van der Waals surface area contributed by atoms with Crippen LogP contribution in [0, 0.1) is 0 Å². The van der Waals surface area contributed by atoms with E-state index in [2.05, 4.69) is 5.32 Å². The monoisotopic (exact) mass is 144 g/mol. The second-order valence-corrected chi connectivity index (χ2v) is 2.38. The Kier molecular flexibility index (Phi) is 4.94. The number of carbonyl (C=O) groups is 1. The highest BCUT2D eigenvalue weighted by molar-refractivity contribution is 5.73. The highest BCUT2D eigenvalue weighted by atomic mass is 16.1. The Balaban J connectivity index is 3.49. The van der Waals surface area contributed by atoms with Gasteiger partial charge in [0.15, 0.2) is 0 Å². The fourth-order valence-corrected chi connectivity index (χ4v) is 0.867. The molecule has 0 aliphatic rings. The minimum atomic E-state index is 0.0281. The number of nitrogens with one attached hydrogen (secondary N) is 1. The molecule has 1 atom stereocenters. The van der Waals surface area contributed by atoms with Crippen molar-refractivity contribution in [1.82, 2.24) is 5.32 Å². The average Bonchev–Trinajstić information content (AvgIpc) is 1.86. The van der Waals surface area contributed by atoms with Gasteiger partial charge < -0.3 is 11.1 Å². The summed E-state index contributed by atoms with van der Waals surface area (Å²) >= 11 is 0. The van der Waals surface area contributed by atoms with E-state index in [1.807, 2.05) is 6.92 Å². The predicted octanol–water partition coefficient (Wildman–Crippen LogP) is 0.250. The van der Waals surface area contributed by atoms with E-state index < -0.39 is 0 Å². The molecule has 0 spiro atoms. The molecule has 0 fully saturated rings. The van der Waals surface area contributed by atoms with Gasteiger partial charge in [-0.15, -0.1) is 0 Å². The topological polar surface area (TPSA) is 55.1 Å². The second-order valence-electron chi connectivity index (χ2n) is 2.38. The lowest BCUT2D eigenvalue weighted by Gasteiger charge is -2.13. The van der Waals surface area contributed by atoms with Gasteiger partial charge in [-0.05, 0) is 19.4 Å². The van der Waals surface area contributed by atoms with Gasteiger partial charge >= 0.3 is 0 Å². The first-order valence-electron chi connectivity index (χ1n) is 3.67. The molecule has 0 rings (SSSR count). The van der Waals surface area contributed by atoms with Crippen molar-refractivity contribution in [3.63, 3.8) is 0 Å². The fourth-order valence-electron chi connectivity index (χ4n) is 0.867. The summed E-state index contributed by atoms with van der Waals surface area (Å²) in [5, 5.41) is 2.81. The van der Waals surface area contributed by atoms with Gasteiger partial charge in [0.05, 0.1) is 0 Å². The summed E-state index contributed by atoms with van der Waals surface area (Å²) in [7, 11) is 0. The number of carbonyl (C=O) groups excluding carboxylic acids is 1. The van der Waals surface area contributed by atoms with Crippen LogP contribution in [-0.2, 0) is 4.79 Å². The van der Waals surface area contributed by atoms with Gasteiger partial charge in [0, 0.05) is 13.0 Å². The molecule has 0 aliphatic carbocycles. The Morgan fingerprint density at radius 1 is 1.70 bits per heavy atom. The van der Waals surface area contributed by atoms with Gasteiger partial charge in [-0.3, -0.25) is 4.79 Å². The van der Waals surface area contributed by atoms with E-state index in [-0.39, 0.29) is 11.9 Å². The maximum absolute atomic E-state index is 10.5. The summed E-state index contributed by atoms with van der Waals surface area (Å²) in [6.07, 6.45) is 1.83. The molecule has 0 saturated carbocycles. The van der Waals surface area contributed by atoms with Crippen LogP contribution < -0.4 is 11.1 Å². The third-order valence-electron chi connectivity index (χ3n) is 1.42. The maximum atomic E-state index is 10.5. The van der Waals surface area contributed by atoms with E-state index in [0.717, 1.165) is 12.8 Å². The first kappa shape index (κ1) is 9.43. The van der Waals surface area contributed by atoms with Crippen LogP contribution in [0.2, 0.25) is 0 Å². The number of hydrogen-bond acceptors (Lipinski definition) is 2. The summed E-state index contributed by atoms with van der Waals surface area (Å²) < 4.78 is 0. The van der Waals surface area contributed by atoms with Crippen molar-refractivity contribution < 1.29 is 4.79 Å². The molecule has 0 aromatic carbocycles. The van der Waals surface area contributed by atoms with E-state index in [1.165, 1.54) is 6.92 Å². The lowest BCUT2D eigenvalue weighted by Crippen LogP contribution is -2.34. The molecule has 1 amide bonds. The Hall–Kier alpha value is -0.570. The second kappa shape index (κ2) is 5.23. The zero-order valence-electron chi connectivity index (χ0n) is 6.68. The van der Waals surface area contributed by atoms with Crippen LogP contribution in [0.15, 0.2) is 0 Å². The molecule has 3 heteroatoms. The molecule has 3 nitrogen and oxygen atoms in total. The number of rotatable bonds is 4. The van der Waals surface area contributed by atoms with Crippen LogP contribution in [0.5, 0.6) is 0 Å². The Morgan fingerprint density at radius 2 is 2.30 bits per heavy atom. The van der Waals surface area contributed by atoms with E-state index in [4.69, 9.17) is 5.73 Å². The zero-order valence-corrected chi connectivity index (χ0v) is 6.68. The predicted molar refractivity (Wildman–Crippen MR) is 41.6 cm³/mol. The van der Waals surface area contributed by atoms with Gasteiger partial charge in [-0.1, -0.05) is 6.92 Å². The van der Waals surface area contributed by atoms with E-state index in [9.17, 15) is 4.79 Å². The standard InChI is InChI=1S/C7H16N2O/c1-3-7(4-5-8)9-6(2)10/h7H,3-5,8H2,1-2H3,(H,9,10)/t7-/m0/s1. The van der Waals surface area contributed by atoms with Gasteiger partial charge in [-0.2, -0.15) is 0 Å². The molecular weight excluding hydrogens is 128 g/mol. The molecule has 0 heterocycles. The van der Waals surface area contributed by atoms with Crippen molar-refractivity contribution in [3.8, 4) is 0 Å². The van der Waals surface area contributed by atoms with Crippen LogP contribution >= 0.6 is 0 Å². The van der Waals surface area contributed by atoms with E-state index >= 15 is 0 Å². The van der Waals surface area contributed by atoms with Crippen molar-refractivity contribution >= 4 is 5.91 Å². The van der Waals surface area contributed by atoms with Gasteiger partial charge in [0.1, 0.15) is 0 Å². The first-order chi connectivity index (χ1) is 4.70. The van der Waals surface area contributed by atoms with Crippen LogP contribution in [0.4, 0.5) is 0 Å². The van der Waals surface area contributed by atoms with E-state index in [1.54, 1.807) is 0 Å². The fraction of sp³-hybridized carbons (Fsp3) is 0.857. The first-order valence-corrected chi connectivity index (χ1v) is 3.67. The normalized spacial score (nSPS) is 12.7.